The van der Waals surface area contributed by atoms with E-state index in [-0.39, 0.29) is 5.41 Å². The monoisotopic (exact) mass is 509 g/mol. The van der Waals surface area contributed by atoms with Gasteiger partial charge in [0, 0.05) is 27.8 Å². The standard InChI is InChI=1S/C26H28ClN5O4/c1-14-6-8-19(15(2)28-14)26(33,23-16(3)30-32-31-23)17-7-9-20-18(10-17)21(27)22(24(29-20)34-5)36-13-25(4)11-35-12-25/h6-10,33H,11-13H2,1-5H3,(H,30,31,32). The lowest BCUT2D eigenvalue weighted by Gasteiger charge is -2.37. The molecule has 4 heterocycles. The van der Waals surface area contributed by atoms with E-state index in [4.69, 9.17) is 25.8 Å². The van der Waals surface area contributed by atoms with Gasteiger partial charge in [0.15, 0.2) is 5.60 Å². The van der Waals surface area contributed by atoms with E-state index in [0.29, 0.717) is 75.6 Å². The molecule has 0 bridgehead atoms. The Morgan fingerprint density at radius 1 is 1.11 bits per heavy atom. The van der Waals surface area contributed by atoms with Crippen LogP contribution in [0.5, 0.6) is 11.6 Å². The Labute approximate surface area is 213 Å². The van der Waals surface area contributed by atoms with Crippen LogP contribution in [-0.2, 0) is 10.3 Å². The molecule has 2 N–H and O–H groups in total. The van der Waals surface area contributed by atoms with Crippen molar-refractivity contribution in [3.05, 3.63) is 69.3 Å². The summed E-state index contributed by atoms with van der Waals surface area (Å²) in [6.07, 6.45) is 0. The molecule has 10 heteroatoms. The zero-order valence-electron chi connectivity index (χ0n) is 20.8. The number of aryl methyl sites for hydroxylation is 3. The zero-order chi connectivity index (χ0) is 25.7. The molecular weight excluding hydrogens is 482 g/mol. The van der Waals surface area contributed by atoms with Crippen LogP contribution in [0.1, 0.15) is 40.8 Å². The van der Waals surface area contributed by atoms with E-state index in [9.17, 15) is 5.11 Å². The van der Waals surface area contributed by atoms with E-state index in [2.05, 4.69) is 32.3 Å². The highest BCUT2D eigenvalue weighted by atomic mass is 35.5. The first-order chi connectivity index (χ1) is 17.2. The van der Waals surface area contributed by atoms with Gasteiger partial charge in [0.2, 0.25) is 5.75 Å². The summed E-state index contributed by atoms with van der Waals surface area (Å²) >= 11 is 6.89. The van der Waals surface area contributed by atoms with Crippen LogP contribution in [0, 0.1) is 26.2 Å². The van der Waals surface area contributed by atoms with Gasteiger partial charge in [0.05, 0.1) is 43.2 Å². The van der Waals surface area contributed by atoms with Crippen molar-refractivity contribution in [3.63, 3.8) is 0 Å². The minimum Gasteiger partial charge on any atom is -0.486 e. The molecule has 1 saturated heterocycles. The molecule has 1 aliphatic rings. The number of fused-ring (bicyclic) bond motifs is 1. The molecule has 5 rings (SSSR count). The summed E-state index contributed by atoms with van der Waals surface area (Å²) in [5, 5.41) is 24.4. The minimum atomic E-state index is -1.64. The number of aromatic amines is 1. The number of hydrogen-bond acceptors (Lipinski definition) is 8. The lowest BCUT2D eigenvalue weighted by molar-refractivity contribution is -0.120. The van der Waals surface area contributed by atoms with Crippen molar-refractivity contribution >= 4 is 22.5 Å². The lowest BCUT2D eigenvalue weighted by atomic mass is 9.81. The Bertz CT molecular complexity index is 1450. The van der Waals surface area contributed by atoms with E-state index in [1.807, 2.05) is 26.0 Å². The number of pyridine rings is 2. The van der Waals surface area contributed by atoms with Gasteiger partial charge in [-0.25, -0.2) is 4.98 Å². The fraction of sp³-hybridized carbons (Fsp3) is 0.385. The van der Waals surface area contributed by atoms with Gasteiger partial charge in [-0.2, -0.15) is 15.4 Å². The molecule has 1 aromatic carbocycles. The first-order valence-corrected chi connectivity index (χ1v) is 12.0. The Hall–Kier alpha value is -3.27. The van der Waals surface area contributed by atoms with Crippen LogP contribution >= 0.6 is 11.6 Å². The molecule has 1 atom stereocenters. The van der Waals surface area contributed by atoms with Crippen LogP contribution in [0.2, 0.25) is 5.02 Å². The number of H-pyrrole nitrogens is 1. The van der Waals surface area contributed by atoms with Crippen LogP contribution in [0.3, 0.4) is 0 Å². The van der Waals surface area contributed by atoms with Crippen molar-refractivity contribution in [1.82, 2.24) is 25.4 Å². The average Bonchev–Trinajstić information content (AvgIpc) is 3.27. The smallest absolute Gasteiger partial charge is 0.258 e. The molecule has 1 aliphatic heterocycles. The summed E-state index contributed by atoms with van der Waals surface area (Å²) in [6.45, 7) is 9.29. The third-order valence-electron chi connectivity index (χ3n) is 6.61. The van der Waals surface area contributed by atoms with E-state index in [1.54, 1.807) is 25.1 Å². The number of rotatable bonds is 7. The van der Waals surface area contributed by atoms with Gasteiger partial charge >= 0.3 is 0 Å². The third-order valence-corrected chi connectivity index (χ3v) is 6.98. The van der Waals surface area contributed by atoms with Gasteiger partial charge in [0.1, 0.15) is 5.69 Å². The molecule has 3 aromatic heterocycles. The first-order valence-electron chi connectivity index (χ1n) is 11.6. The van der Waals surface area contributed by atoms with Crippen LogP contribution < -0.4 is 9.47 Å². The summed E-state index contributed by atoms with van der Waals surface area (Å²) in [5.74, 6) is 0.650. The second-order valence-corrected chi connectivity index (χ2v) is 10.0. The number of methoxy groups -OCH3 is 1. The number of benzene rings is 1. The normalized spacial score (nSPS) is 16.4. The second-order valence-electron chi connectivity index (χ2n) is 9.64. The second kappa shape index (κ2) is 8.99. The van der Waals surface area contributed by atoms with Gasteiger partial charge in [-0.1, -0.05) is 30.7 Å². The van der Waals surface area contributed by atoms with Crippen molar-refractivity contribution in [2.24, 2.45) is 5.41 Å². The highest BCUT2D eigenvalue weighted by Gasteiger charge is 2.40. The summed E-state index contributed by atoms with van der Waals surface area (Å²) < 4.78 is 16.9. The molecule has 1 unspecified atom stereocenters. The highest BCUT2D eigenvalue weighted by Crippen LogP contribution is 2.44. The number of aromatic nitrogens is 5. The van der Waals surface area contributed by atoms with Gasteiger partial charge in [-0.05, 0) is 44.5 Å². The van der Waals surface area contributed by atoms with Crippen LogP contribution in [0.25, 0.3) is 10.9 Å². The molecule has 0 aliphatic carbocycles. The Morgan fingerprint density at radius 3 is 2.50 bits per heavy atom. The molecule has 4 aromatic rings. The maximum Gasteiger partial charge on any atom is 0.258 e. The SMILES string of the molecule is COc1nc2ccc(C(O)(c3ccc(C)nc3C)c3n[nH]nc3C)cc2c(Cl)c1OCC1(C)COC1. The highest BCUT2D eigenvalue weighted by molar-refractivity contribution is 6.37. The van der Waals surface area contributed by atoms with Crippen molar-refractivity contribution in [2.45, 2.75) is 33.3 Å². The van der Waals surface area contributed by atoms with Crippen molar-refractivity contribution < 1.29 is 19.3 Å². The predicted octanol–water partition coefficient (Wildman–Crippen LogP) is 4.03. The fourth-order valence-corrected chi connectivity index (χ4v) is 4.86. The maximum atomic E-state index is 12.3. The number of nitrogens with one attached hydrogen (secondary N) is 1. The number of aliphatic hydroxyl groups is 1. The van der Waals surface area contributed by atoms with Crippen molar-refractivity contribution in [2.75, 3.05) is 26.9 Å². The third kappa shape index (κ3) is 3.97. The summed E-state index contributed by atoms with van der Waals surface area (Å²) in [6, 6.07) is 9.12. The van der Waals surface area contributed by atoms with Crippen LogP contribution in [0.15, 0.2) is 30.3 Å². The Kier molecular flexibility index (Phi) is 6.10. The van der Waals surface area contributed by atoms with E-state index in [0.717, 1.165) is 5.69 Å². The fourth-order valence-electron chi connectivity index (χ4n) is 4.57. The topological polar surface area (TPSA) is 115 Å². The molecule has 0 spiro atoms. The average molecular weight is 510 g/mol. The van der Waals surface area contributed by atoms with Gasteiger partial charge in [0.25, 0.3) is 5.88 Å². The molecule has 0 saturated carbocycles. The van der Waals surface area contributed by atoms with Gasteiger partial charge in [-0.3, -0.25) is 4.98 Å². The molecule has 188 valence electrons. The molecule has 0 radical (unpaired) electrons. The molecule has 36 heavy (non-hydrogen) atoms. The van der Waals surface area contributed by atoms with Gasteiger partial charge < -0.3 is 19.3 Å². The summed E-state index contributed by atoms with van der Waals surface area (Å²) in [5.41, 5.74) is 2.47. The number of halogens is 1. The largest absolute Gasteiger partial charge is 0.486 e. The number of hydrogen-bond donors (Lipinski definition) is 2. The Balaban J connectivity index is 1.69. The van der Waals surface area contributed by atoms with Crippen LogP contribution in [0.4, 0.5) is 0 Å². The summed E-state index contributed by atoms with van der Waals surface area (Å²) in [4.78, 5) is 9.19. The van der Waals surface area contributed by atoms with Crippen molar-refractivity contribution in [3.8, 4) is 11.6 Å². The lowest BCUT2D eigenvalue weighted by Crippen LogP contribution is -2.44. The quantitative estimate of drug-likeness (QED) is 0.383. The van der Waals surface area contributed by atoms with Gasteiger partial charge in [-0.15, -0.1) is 0 Å². The molecule has 9 nitrogen and oxygen atoms in total. The minimum absolute atomic E-state index is 0.0914. The predicted molar refractivity (Wildman–Crippen MR) is 135 cm³/mol. The number of nitrogens with zero attached hydrogens (tertiary/aromatic N) is 4. The molecule has 1 fully saturated rings. The van der Waals surface area contributed by atoms with E-state index < -0.39 is 5.60 Å². The Morgan fingerprint density at radius 2 is 1.89 bits per heavy atom. The maximum absolute atomic E-state index is 12.3. The van der Waals surface area contributed by atoms with E-state index in [1.165, 1.54) is 7.11 Å². The van der Waals surface area contributed by atoms with E-state index >= 15 is 0 Å². The zero-order valence-corrected chi connectivity index (χ0v) is 21.6. The summed E-state index contributed by atoms with van der Waals surface area (Å²) in [7, 11) is 1.53. The van der Waals surface area contributed by atoms with Crippen molar-refractivity contribution in [1.29, 1.82) is 0 Å². The van der Waals surface area contributed by atoms with Crippen LogP contribution in [-0.4, -0.2) is 57.4 Å². The number of ether oxygens (including phenoxy) is 3. The molecular formula is C26H28ClN5O4. The first kappa shape index (κ1) is 24.4. The molecule has 0 amide bonds.